The summed E-state index contributed by atoms with van der Waals surface area (Å²) in [6, 6.07) is 9.75. The van der Waals surface area contributed by atoms with Gasteiger partial charge in [-0.2, -0.15) is 0 Å². The molecule has 2 rings (SSSR count). The lowest BCUT2D eigenvalue weighted by molar-refractivity contribution is -0.138. The molecule has 1 aliphatic heterocycles. The van der Waals surface area contributed by atoms with E-state index in [-0.39, 0.29) is 23.4 Å². The minimum atomic E-state index is -0.279. The summed E-state index contributed by atoms with van der Waals surface area (Å²) in [6.07, 6.45) is 1.23. The Hall–Kier alpha value is -1.88. The second kappa shape index (κ2) is 7.79. The molecule has 1 heterocycles. The van der Waals surface area contributed by atoms with Crippen LogP contribution in [0.25, 0.3) is 0 Å². The molecule has 0 unspecified atom stereocenters. The average Bonchev–Trinajstić information content (AvgIpc) is 2.52. The van der Waals surface area contributed by atoms with Crippen molar-refractivity contribution in [1.29, 1.82) is 0 Å². The van der Waals surface area contributed by atoms with Gasteiger partial charge in [-0.1, -0.05) is 30.3 Å². The molecule has 5 heteroatoms. The van der Waals surface area contributed by atoms with Crippen molar-refractivity contribution in [3.63, 3.8) is 0 Å². The first kappa shape index (κ1) is 18.5. The van der Waals surface area contributed by atoms with Gasteiger partial charge in [-0.15, -0.1) is 0 Å². The Labute approximate surface area is 145 Å². The van der Waals surface area contributed by atoms with Crippen LogP contribution in [0.1, 0.15) is 32.8 Å². The number of carbonyl (C=O) groups is 2. The molecule has 0 spiro atoms. The van der Waals surface area contributed by atoms with E-state index in [0.717, 1.165) is 13.0 Å². The van der Waals surface area contributed by atoms with Gasteiger partial charge in [0.25, 0.3) is 0 Å². The number of piperazine rings is 1. The summed E-state index contributed by atoms with van der Waals surface area (Å²) >= 11 is 0. The molecule has 24 heavy (non-hydrogen) atoms. The molecule has 1 atom stereocenters. The predicted molar refractivity (Wildman–Crippen MR) is 95.7 cm³/mol. The number of amides is 2. The Morgan fingerprint density at radius 1 is 1.17 bits per heavy atom. The van der Waals surface area contributed by atoms with Gasteiger partial charge in [0.2, 0.25) is 11.8 Å². The fraction of sp³-hybridized carbons (Fsp3) is 0.579. The number of benzene rings is 1. The van der Waals surface area contributed by atoms with E-state index >= 15 is 0 Å². The van der Waals surface area contributed by atoms with Crippen LogP contribution in [0.15, 0.2) is 30.3 Å². The Balaban J connectivity index is 1.91. The molecule has 1 fully saturated rings. The van der Waals surface area contributed by atoms with E-state index in [4.69, 9.17) is 0 Å². The fourth-order valence-corrected chi connectivity index (χ4v) is 2.89. The maximum atomic E-state index is 12.5. The lowest BCUT2D eigenvalue weighted by atomic mass is 10.1. The molecule has 0 aliphatic carbocycles. The molecule has 0 saturated carbocycles. The maximum Gasteiger partial charge on any atom is 0.239 e. The van der Waals surface area contributed by atoms with Crippen LogP contribution in [0.2, 0.25) is 0 Å². The molecule has 0 bridgehead atoms. The van der Waals surface area contributed by atoms with Crippen LogP contribution in [-0.4, -0.2) is 59.9 Å². The minimum Gasteiger partial charge on any atom is -0.350 e. The smallest absolute Gasteiger partial charge is 0.239 e. The van der Waals surface area contributed by atoms with Gasteiger partial charge in [0.15, 0.2) is 0 Å². The van der Waals surface area contributed by atoms with E-state index < -0.39 is 0 Å². The number of aryl methyl sites for hydroxylation is 1. The number of rotatable bonds is 4. The van der Waals surface area contributed by atoms with Gasteiger partial charge in [-0.3, -0.25) is 14.5 Å². The molecule has 1 N–H and O–H groups in total. The van der Waals surface area contributed by atoms with Crippen molar-refractivity contribution in [3.8, 4) is 0 Å². The van der Waals surface area contributed by atoms with Crippen LogP contribution in [0, 0.1) is 0 Å². The fourth-order valence-electron chi connectivity index (χ4n) is 2.89. The maximum absolute atomic E-state index is 12.5. The van der Waals surface area contributed by atoms with E-state index in [2.05, 4.69) is 5.32 Å². The first-order chi connectivity index (χ1) is 11.3. The van der Waals surface area contributed by atoms with E-state index in [0.29, 0.717) is 19.5 Å². The highest BCUT2D eigenvalue weighted by Gasteiger charge is 2.33. The van der Waals surface area contributed by atoms with E-state index in [1.807, 2.05) is 68.0 Å². The van der Waals surface area contributed by atoms with Gasteiger partial charge < -0.3 is 10.2 Å². The van der Waals surface area contributed by atoms with Crippen LogP contribution in [-0.2, 0) is 16.0 Å². The first-order valence-corrected chi connectivity index (χ1v) is 8.60. The minimum absolute atomic E-state index is 0.00874. The number of carbonyl (C=O) groups excluding carboxylic acids is 2. The van der Waals surface area contributed by atoms with Crippen molar-refractivity contribution in [1.82, 2.24) is 15.1 Å². The summed E-state index contributed by atoms with van der Waals surface area (Å²) < 4.78 is 0. The third-order valence-corrected chi connectivity index (χ3v) is 4.27. The molecule has 1 saturated heterocycles. The highest BCUT2D eigenvalue weighted by Crippen LogP contribution is 2.12. The van der Waals surface area contributed by atoms with Gasteiger partial charge in [0.05, 0.1) is 0 Å². The zero-order valence-corrected chi connectivity index (χ0v) is 15.2. The van der Waals surface area contributed by atoms with Gasteiger partial charge in [0.1, 0.15) is 6.04 Å². The first-order valence-electron chi connectivity index (χ1n) is 8.60. The van der Waals surface area contributed by atoms with Crippen molar-refractivity contribution in [2.45, 2.75) is 45.2 Å². The standard InChI is InChI=1S/C19H29N3O2/c1-19(2,3)20-18(24)16-14-22(13-12-21(16)4)17(23)11-10-15-8-6-5-7-9-15/h5-9,16H,10-14H2,1-4H3,(H,20,24)/t16-/m0/s1. The van der Waals surface area contributed by atoms with Crippen molar-refractivity contribution >= 4 is 11.8 Å². The molecule has 132 valence electrons. The van der Waals surface area contributed by atoms with Crippen LogP contribution in [0.3, 0.4) is 0 Å². The number of hydrogen-bond acceptors (Lipinski definition) is 3. The molecule has 5 nitrogen and oxygen atoms in total. The van der Waals surface area contributed by atoms with Crippen molar-refractivity contribution in [2.75, 3.05) is 26.7 Å². The normalized spacial score (nSPS) is 19.2. The highest BCUT2D eigenvalue weighted by molar-refractivity contribution is 5.84. The highest BCUT2D eigenvalue weighted by atomic mass is 16.2. The molecule has 2 amide bonds. The quantitative estimate of drug-likeness (QED) is 0.913. The third-order valence-electron chi connectivity index (χ3n) is 4.27. The van der Waals surface area contributed by atoms with Crippen LogP contribution in [0.4, 0.5) is 0 Å². The predicted octanol–water partition coefficient (Wildman–Crippen LogP) is 1.68. The average molecular weight is 331 g/mol. The Bertz CT molecular complexity index is 566. The van der Waals surface area contributed by atoms with Crippen LogP contribution in [0.5, 0.6) is 0 Å². The zero-order chi connectivity index (χ0) is 17.7. The molecule has 1 aromatic rings. The molecular weight excluding hydrogens is 302 g/mol. The Morgan fingerprint density at radius 2 is 1.83 bits per heavy atom. The lowest BCUT2D eigenvalue weighted by Gasteiger charge is -2.39. The van der Waals surface area contributed by atoms with Gasteiger partial charge in [-0.25, -0.2) is 0 Å². The van der Waals surface area contributed by atoms with Crippen LogP contribution >= 0.6 is 0 Å². The molecule has 0 aromatic heterocycles. The molecular formula is C19H29N3O2. The summed E-state index contributed by atoms with van der Waals surface area (Å²) in [7, 11) is 1.94. The number of nitrogens with one attached hydrogen (secondary N) is 1. The Morgan fingerprint density at radius 3 is 2.46 bits per heavy atom. The summed E-state index contributed by atoms with van der Waals surface area (Å²) in [5, 5.41) is 3.02. The van der Waals surface area contributed by atoms with Gasteiger partial charge in [-0.05, 0) is 39.8 Å². The van der Waals surface area contributed by atoms with Gasteiger partial charge >= 0.3 is 0 Å². The van der Waals surface area contributed by atoms with Crippen molar-refractivity contribution in [2.24, 2.45) is 0 Å². The van der Waals surface area contributed by atoms with Crippen molar-refractivity contribution < 1.29 is 9.59 Å². The molecule has 1 aromatic carbocycles. The lowest BCUT2D eigenvalue weighted by Crippen LogP contribution is -2.60. The molecule has 0 radical (unpaired) electrons. The number of nitrogens with zero attached hydrogens (tertiary/aromatic N) is 2. The number of likely N-dealkylation sites (N-methyl/N-ethyl adjacent to an activating group) is 1. The summed E-state index contributed by atoms with van der Waals surface area (Å²) in [5.41, 5.74) is 0.902. The number of hydrogen-bond donors (Lipinski definition) is 1. The third kappa shape index (κ3) is 5.34. The molecule has 1 aliphatic rings. The van der Waals surface area contributed by atoms with E-state index in [1.54, 1.807) is 0 Å². The van der Waals surface area contributed by atoms with E-state index in [9.17, 15) is 9.59 Å². The van der Waals surface area contributed by atoms with Crippen molar-refractivity contribution in [3.05, 3.63) is 35.9 Å². The zero-order valence-electron chi connectivity index (χ0n) is 15.2. The van der Waals surface area contributed by atoms with Crippen LogP contribution < -0.4 is 5.32 Å². The summed E-state index contributed by atoms with van der Waals surface area (Å²) in [5.74, 6) is 0.117. The summed E-state index contributed by atoms with van der Waals surface area (Å²) in [6.45, 7) is 7.78. The summed E-state index contributed by atoms with van der Waals surface area (Å²) in [4.78, 5) is 28.8. The monoisotopic (exact) mass is 331 g/mol. The topological polar surface area (TPSA) is 52.7 Å². The Kier molecular flexibility index (Phi) is 5.99. The second-order valence-corrected chi connectivity index (χ2v) is 7.56. The second-order valence-electron chi connectivity index (χ2n) is 7.56. The van der Waals surface area contributed by atoms with E-state index in [1.165, 1.54) is 5.56 Å². The van der Waals surface area contributed by atoms with Gasteiger partial charge in [0, 0.05) is 31.6 Å². The SMILES string of the molecule is CN1CCN(C(=O)CCc2ccccc2)C[C@H]1C(=O)NC(C)(C)C. The largest absolute Gasteiger partial charge is 0.350 e.